The van der Waals surface area contributed by atoms with E-state index in [2.05, 4.69) is 69.4 Å². The summed E-state index contributed by atoms with van der Waals surface area (Å²) in [5.41, 5.74) is 4.36. The molecule has 12 heteroatoms. The first-order chi connectivity index (χ1) is 21.6. The van der Waals surface area contributed by atoms with Gasteiger partial charge in [0, 0.05) is 75.7 Å². The molecule has 0 unspecified atom stereocenters. The predicted octanol–water partition coefficient (Wildman–Crippen LogP) is 2.46. The summed E-state index contributed by atoms with van der Waals surface area (Å²) in [4.78, 5) is 30.5. The minimum Gasteiger partial charge on any atom is -0.378 e. The number of nitrogens with zero attached hydrogens (tertiary/aromatic N) is 8. The Morgan fingerprint density at radius 2 is 1.80 bits per heavy atom. The van der Waals surface area contributed by atoms with Gasteiger partial charge < -0.3 is 30.3 Å². The molecule has 0 saturated carbocycles. The number of carbonyl (C=O) groups is 1. The van der Waals surface area contributed by atoms with Crippen molar-refractivity contribution in [1.82, 2.24) is 50.1 Å². The fourth-order valence-corrected chi connectivity index (χ4v) is 5.30. The third-order valence-electron chi connectivity index (χ3n) is 7.97. The molecule has 0 radical (unpaired) electrons. The minimum absolute atomic E-state index is 0.125. The number of carbonyl (C=O) groups excluding carboxylic acids is 1. The van der Waals surface area contributed by atoms with Gasteiger partial charge >= 0.3 is 0 Å². The van der Waals surface area contributed by atoms with E-state index in [0.717, 1.165) is 87.0 Å². The highest BCUT2D eigenvalue weighted by Gasteiger charge is 2.16. The number of aryl methyl sites for hydroxylation is 1. The molecule has 0 aliphatic carbocycles. The number of hydrogen-bond acceptors (Lipinski definition) is 10. The summed E-state index contributed by atoms with van der Waals surface area (Å²) < 4.78 is 2.10. The van der Waals surface area contributed by atoms with Gasteiger partial charge in [-0.05, 0) is 74.4 Å². The molecule has 1 aliphatic heterocycles. The Labute approximate surface area is 259 Å². The number of rotatable bonds is 15. The van der Waals surface area contributed by atoms with Crippen molar-refractivity contribution in [1.29, 1.82) is 0 Å². The number of amides is 1. The number of pyridine rings is 1. The molecular weight excluding hydrogens is 554 g/mol. The summed E-state index contributed by atoms with van der Waals surface area (Å²) in [5.74, 6) is 1.37. The summed E-state index contributed by atoms with van der Waals surface area (Å²) in [5, 5.41) is 19.0. The number of nitrogens with one attached hydrogen (secondary N) is 3. The van der Waals surface area contributed by atoms with Crippen LogP contribution in [0.15, 0.2) is 61.3 Å². The van der Waals surface area contributed by atoms with Gasteiger partial charge in [-0.3, -0.25) is 9.78 Å². The average Bonchev–Trinajstić information content (AvgIpc) is 3.48. The lowest BCUT2D eigenvalue weighted by atomic mass is 10.1. The highest BCUT2D eigenvalue weighted by atomic mass is 16.1. The molecule has 232 valence electrons. The first-order valence-electron chi connectivity index (χ1n) is 15.4. The van der Waals surface area contributed by atoms with Gasteiger partial charge in [-0.15, -0.1) is 10.2 Å². The Hall–Kier alpha value is -4.26. The molecule has 1 amide bonds. The van der Waals surface area contributed by atoms with Crippen molar-refractivity contribution in [3.05, 3.63) is 83.8 Å². The van der Waals surface area contributed by atoms with Gasteiger partial charge in [0.15, 0.2) is 11.6 Å². The molecule has 5 rings (SSSR count). The van der Waals surface area contributed by atoms with E-state index >= 15 is 0 Å². The SMILES string of the molecule is CCc1cnccc1CNC(=O)c1cccc(NCc2nnc(-c3ccncn3)n2CCNCCCN2CCN(C)CC2)c1. The van der Waals surface area contributed by atoms with E-state index in [4.69, 9.17) is 0 Å². The Bertz CT molecular complexity index is 1470. The van der Waals surface area contributed by atoms with E-state index in [1.807, 2.05) is 42.6 Å². The Morgan fingerprint density at radius 1 is 0.932 bits per heavy atom. The molecular formula is C32H43N11O. The van der Waals surface area contributed by atoms with Gasteiger partial charge in [0.2, 0.25) is 0 Å². The maximum absolute atomic E-state index is 13.0. The monoisotopic (exact) mass is 597 g/mol. The number of likely N-dealkylation sites (N-methyl/N-ethyl adjacent to an activating group) is 1. The van der Waals surface area contributed by atoms with Gasteiger partial charge in [0.05, 0.1) is 6.54 Å². The fraction of sp³-hybridized carbons (Fsp3) is 0.438. The van der Waals surface area contributed by atoms with Crippen LogP contribution in [-0.4, -0.2) is 98.3 Å². The van der Waals surface area contributed by atoms with Crippen LogP contribution in [-0.2, 0) is 26.1 Å². The van der Waals surface area contributed by atoms with Crippen LogP contribution in [0.2, 0.25) is 0 Å². The maximum atomic E-state index is 13.0. The van der Waals surface area contributed by atoms with Crippen LogP contribution in [0.4, 0.5) is 5.69 Å². The van der Waals surface area contributed by atoms with Crippen LogP contribution >= 0.6 is 0 Å². The Morgan fingerprint density at radius 3 is 2.61 bits per heavy atom. The van der Waals surface area contributed by atoms with Crippen LogP contribution in [0.5, 0.6) is 0 Å². The third kappa shape index (κ3) is 8.65. The summed E-state index contributed by atoms with van der Waals surface area (Å²) in [6, 6.07) is 11.3. The van der Waals surface area contributed by atoms with Crippen molar-refractivity contribution >= 4 is 11.6 Å². The normalized spacial score (nSPS) is 14.0. The molecule has 1 aromatic carbocycles. The molecule has 1 saturated heterocycles. The van der Waals surface area contributed by atoms with Crippen molar-refractivity contribution in [3.63, 3.8) is 0 Å². The predicted molar refractivity (Wildman–Crippen MR) is 171 cm³/mol. The second kappa shape index (κ2) is 16.0. The fourth-order valence-electron chi connectivity index (χ4n) is 5.30. The van der Waals surface area contributed by atoms with Crippen molar-refractivity contribution in [2.45, 2.75) is 39.4 Å². The van der Waals surface area contributed by atoms with Gasteiger partial charge in [-0.1, -0.05) is 13.0 Å². The average molecular weight is 598 g/mol. The minimum atomic E-state index is -0.125. The van der Waals surface area contributed by atoms with E-state index in [9.17, 15) is 4.79 Å². The molecule has 44 heavy (non-hydrogen) atoms. The van der Waals surface area contributed by atoms with E-state index in [-0.39, 0.29) is 5.91 Å². The lowest BCUT2D eigenvalue weighted by Gasteiger charge is -2.32. The molecule has 12 nitrogen and oxygen atoms in total. The standard InChI is InChI=1S/C32H43N11O/c1-3-25-21-34-11-8-27(25)22-37-32(44)26-6-4-7-28(20-26)36-23-30-39-40-31(29-9-12-35-24-38-29)43(30)15-13-33-10-5-14-42-18-16-41(2)17-19-42/h4,6-9,11-12,20-21,24,33,36H,3,5,10,13-19,22-23H2,1-2H3,(H,37,44). The number of benzene rings is 1. The molecule has 4 aromatic rings. The van der Waals surface area contributed by atoms with Crippen molar-refractivity contribution in [2.75, 3.05) is 58.2 Å². The first kappa shape index (κ1) is 31.2. The smallest absolute Gasteiger partial charge is 0.251 e. The first-order valence-corrected chi connectivity index (χ1v) is 15.4. The van der Waals surface area contributed by atoms with E-state index < -0.39 is 0 Å². The molecule has 0 bridgehead atoms. The maximum Gasteiger partial charge on any atom is 0.251 e. The number of anilines is 1. The second-order valence-electron chi connectivity index (χ2n) is 11.0. The van der Waals surface area contributed by atoms with Gasteiger partial charge in [0.1, 0.15) is 12.0 Å². The third-order valence-corrected chi connectivity index (χ3v) is 7.97. The Balaban J connectivity index is 1.17. The topological polar surface area (TPSA) is 129 Å². The zero-order valence-electron chi connectivity index (χ0n) is 25.7. The largest absolute Gasteiger partial charge is 0.378 e. The molecule has 0 spiro atoms. The second-order valence-corrected chi connectivity index (χ2v) is 11.0. The summed E-state index contributed by atoms with van der Waals surface area (Å²) in [6.07, 6.45) is 8.83. The number of hydrogen-bond donors (Lipinski definition) is 3. The van der Waals surface area contributed by atoms with Crippen LogP contribution in [0, 0.1) is 0 Å². The molecule has 3 aromatic heterocycles. The van der Waals surface area contributed by atoms with E-state index in [1.54, 1.807) is 12.4 Å². The summed E-state index contributed by atoms with van der Waals surface area (Å²) in [7, 11) is 2.19. The molecule has 1 fully saturated rings. The lowest BCUT2D eigenvalue weighted by molar-refractivity contribution is 0.0951. The van der Waals surface area contributed by atoms with Crippen LogP contribution in [0.3, 0.4) is 0 Å². The highest BCUT2D eigenvalue weighted by molar-refractivity contribution is 5.95. The zero-order valence-corrected chi connectivity index (χ0v) is 25.7. The zero-order chi connectivity index (χ0) is 30.6. The molecule has 1 aliphatic rings. The van der Waals surface area contributed by atoms with Gasteiger partial charge in [-0.25, -0.2) is 9.97 Å². The van der Waals surface area contributed by atoms with Crippen molar-refractivity contribution < 1.29 is 4.79 Å². The van der Waals surface area contributed by atoms with Crippen LogP contribution in [0.1, 0.15) is 40.7 Å². The molecule has 4 heterocycles. The number of piperazine rings is 1. The van der Waals surface area contributed by atoms with Gasteiger partial charge in [-0.2, -0.15) is 0 Å². The van der Waals surface area contributed by atoms with E-state index in [1.165, 1.54) is 6.33 Å². The van der Waals surface area contributed by atoms with Crippen molar-refractivity contribution in [2.24, 2.45) is 0 Å². The van der Waals surface area contributed by atoms with Crippen LogP contribution in [0.25, 0.3) is 11.5 Å². The summed E-state index contributed by atoms with van der Waals surface area (Å²) in [6.45, 7) is 11.2. The van der Waals surface area contributed by atoms with Crippen LogP contribution < -0.4 is 16.0 Å². The quantitative estimate of drug-likeness (QED) is 0.176. The lowest BCUT2D eigenvalue weighted by Crippen LogP contribution is -2.45. The molecule has 3 N–H and O–H groups in total. The number of aromatic nitrogens is 6. The van der Waals surface area contributed by atoms with E-state index in [0.29, 0.717) is 31.0 Å². The Kier molecular flexibility index (Phi) is 11.3. The summed E-state index contributed by atoms with van der Waals surface area (Å²) >= 11 is 0. The van der Waals surface area contributed by atoms with Gasteiger partial charge in [0.25, 0.3) is 5.91 Å². The highest BCUT2D eigenvalue weighted by Crippen LogP contribution is 2.17. The van der Waals surface area contributed by atoms with Crippen molar-refractivity contribution in [3.8, 4) is 11.5 Å². The molecule has 0 atom stereocenters.